The van der Waals surface area contributed by atoms with Crippen LogP contribution in [0.5, 0.6) is 0 Å². The average Bonchev–Trinajstić information content (AvgIpc) is 2.65. The van der Waals surface area contributed by atoms with E-state index >= 15 is 0 Å². The van der Waals surface area contributed by atoms with Gasteiger partial charge >= 0.3 is 10.4 Å². The minimum Gasteiger partial charge on any atom is -0.394 e. The van der Waals surface area contributed by atoms with Crippen molar-refractivity contribution in [1.82, 2.24) is 0 Å². The van der Waals surface area contributed by atoms with E-state index in [1.165, 1.54) is 25.3 Å². The molecule has 4 saturated heterocycles. The third-order valence-electron chi connectivity index (χ3n) is 16.9. The molecule has 21 heteroatoms. The summed E-state index contributed by atoms with van der Waals surface area (Å²) >= 11 is 0. The summed E-state index contributed by atoms with van der Waals surface area (Å²) < 4.78 is 65.4. The van der Waals surface area contributed by atoms with E-state index in [4.69, 9.17) is 28.2 Å². The molecule has 86 heavy (non-hydrogen) atoms. The van der Waals surface area contributed by atoms with Gasteiger partial charge in [-0.05, 0) is 128 Å². The van der Waals surface area contributed by atoms with E-state index in [0.717, 1.165) is 103 Å². The molecular weight excluding hydrogens is 1130 g/mol. The van der Waals surface area contributed by atoms with Crippen LogP contribution in [0.1, 0.15) is 207 Å². The van der Waals surface area contributed by atoms with Gasteiger partial charge < -0.3 is 69.6 Å². The Kier molecular flexibility index (Phi) is 36.1. The summed E-state index contributed by atoms with van der Waals surface area (Å²) in [6.45, 7) is 13.3. The van der Waals surface area contributed by atoms with Gasteiger partial charge in [-0.3, -0.25) is 14.1 Å². The van der Waals surface area contributed by atoms with Crippen molar-refractivity contribution < 1.29 is 96.4 Å². The lowest BCUT2D eigenvalue weighted by atomic mass is 9.90. The molecule has 10 N–H and O–H groups in total. The first-order chi connectivity index (χ1) is 41.0. The van der Waals surface area contributed by atoms with Crippen LogP contribution in [0.3, 0.4) is 0 Å². The first-order valence-corrected chi connectivity index (χ1v) is 33.6. The predicted molar refractivity (Wildman–Crippen MR) is 326 cm³/mol. The quantitative estimate of drug-likeness (QED) is 0.0121. The monoisotopic (exact) mass is 1240 g/mol. The highest BCUT2D eigenvalue weighted by atomic mass is 32.3. The highest BCUT2D eigenvalue weighted by Crippen LogP contribution is 2.36. The number of rotatable bonds is 49. The molecule has 4 fully saturated rings. The highest BCUT2D eigenvalue weighted by Gasteiger charge is 2.46. The molecule has 4 aliphatic heterocycles. The second-order valence-electron chi connectivity index (χ2n) is 25.1. The van der Waals surface area contributed by atoms with Crippen LogP contribution >= 0.6 is 0 Å². The molecule has 0 amide bonds. The second-order valence-corrected chi connectivity index (χ2v) is 26.2. The Bertz CT molecular complexity index is 2140. The molecule has 4 heterocycles. The van der Waals surface area contributed by atoms with Crippen molar-refractivity contribution in [2.75, 3.05) is 6.61 Å². The smallest absolute Gasteiger partial charge is 0.394 e. The Morgan fingerprint density at radius 2 is 1.31 bits per heavy atom. The Hall–Kier alpha value is -2.65. The highest BCUT2D eigenvalue weighted by molar-refractivity contribution is 7.80. The normalized spacial score (nSPS) is 29.4. The van der Waals surface area contributed by atoms with Crippen molar-refractivity contribution in [3.63, 3.8) is 0 Å². The third kappa shape index (κ3) is 31.4. The van der Waals surface area contributed by atoms with Crippen LogP contribution in [0, 0.1) is 11.8 Å². The van der Waals surface area contributed by atoms with E-state index < -0.39 is 121 Å². The van der Waals surface area contributed by atoms with Crippen LogP contribution in [0.2, 0.25) is 0 Å². The van der Waals surface area contributed by atoms with Crippen molar-refractivity contribution in [3.05, 3.63) is 61.3 Å². The van der Waals surface area contributed by atoms with Gasteiger partial charge in [0.05, 0.1) is 79.9 Å². The maximum atomic E-state index is 13.0. The molecule has 4 rings (SSSR count). The van der Waals surface area contributed by atoms with Crippen LogP contribution in [-0.2, 0) is 47.9 Å². The second kappa shape index (κ2) is 41.0. The Labute approximate surface area is 513 Å². The number of aliphatic hydroxyl groups excluding tert-OH is 9. The lowest BCUT2D eigenvalue weighted by molar-refractivity contribution is -0.313. The zero-order valence-corrected chi connectivity index (χ0v) is 52.5. The first-order valence-electron chi connectivity index (χ1n) is 32.2. The van der Waals surface area contributed by atoms with E-state index in [1.807, 2.05) is 6.08 Å². The van der Waals surface area contributed by atoms with Crippen LogP contribution in [0.15, 0.2) is 61.3 Å². The van der Waals surface area contributed by atoms with Crippen molar-refractivity contribution in [3.8, 4) is 0 Å². The minimum atomic E-state index is -4.99. The fourth-order valence-corrected chi connectivity index (χ4v) is 12.1. The number of ether oxygens (including phenoxy) is 5. The zero-order valence-electron chi connectivity index (χ0n) is 51.7. The number of Topliss-reactive ketones (excluding diaryl/α,β-unsaturated/α-hetero) is 2. The van der Waals surface area contributed by atoms with Gasteiger partial charge in [-0.1, -0.05) is 101 Å². The lowest BCUT2D eigenvalue weighted by Gasteiger charge is -2.41. The van der Waals surface area contributed by atoms with Gasteiger partial charge in [0.1, 0.15) is 42.1 Å². The van der Waals surface area contributed by atoms with Crippen molar-refractivity contribution in [2.24, 2.45) is 11.8 Å². The maximum absolute atomic E-state index is 13.0. The standard InChI is InChI=1S/C65H110O20S/c1-6-7-30-55-58(82-55)36-45(4)32-35-56-54(81-56)31-20-14-12-10-8-9-11-13-17-23-43(2)25-21-26-44(3)24-18-15-16-19-27-47(68)28-22-29-51(80-65-63(76)62(75)61(74)60(42-66)84-65)40-50(71)39-49(70)38-48(69)33-34-52(72)57-41-53(73)64(85-86(77,78)79)59(83-57)37-46(5)67/h6,8,10,13,17,21,25,43-44,46,48,50-67,69,71-76H,1,4,7,9,11-12,14-16,18-20,22-24,26-42H2,2-3,5H3,(H,77,78,79)/b10-8+,17-13+,25-21+/t43?,44?,46?,48?,50?,51?,52?,53-,54?,55?,56?,57-,58?,59+,60+,61+,62-,63+,64-,65+/m0/s1. The first kappa shape index (κ1) is 75.8. The molecule has 0 aromatic carbocycles. The maximum Gasteiger partial charge on any atom is 0.397 e. The van der Waals surface area contributed by atoms with Gasteiger partial charge in [-0.2, -0.15) is 8.42 Å². The summed E-state index contributed by atoms with van der Waals surface area (Å²) in [5.41, 5.74) is 1.29. The lowest BCUT2D eigenvalue weighted by Crippen LogP contribution is -2.59. The molecule has 0 aromatic heterocycles. The molecule has 4 aliphatic rings. The molecular formula is C65H110O20S. The molecule has 0 aliphatic carbocycles. The summed E-state index contributed by atoms with van der Waals surface area (Å²) in [5.74, 6) is 0.576. The third-order valence-corrected chi connectivity index (χ3v) is 17.3. The fraction of sp³-hybridized carbons (Fsp3) is 0.815. The topological polar surface area (TPSA) is 333 Å². The average molecular weight is 1240 g/mol. The minimum absolute atomic E-state index is 0.0601. The molecule has 20 nitrogen and oxygen atoms in total. The predicted octanol–water partition coefficient (Wildman–Crippen LogP) is 7.62. The SMILES string of the molecule is C=CCCC1OC1CC(=C)CCC1OC1CCCC/C=C/CC/C=C/CC(C)/C=C/CC(C)CCCCCCC(=O)CCCC(CC(O)CC(=O)CC(O)CCC(O)[C@@H]1C[C@H](O)[C@H](OS(=O)(=O)O)[C@@H](CC(C)O)O1)O[C@@H]1O[C@H](CO)[C@@H](O)[C@H](O)[C@H]1O. The number of carbonyl (C=O) groups excluding carboxylic acids is 2. The van der Waals surface area contributed by atoms with Crippen LogP contribution in [0.4, 0.5) is 0 Å². The number of hydrogen-bond donors (Lipinski definition) is 10. The number of carbonyl (C=O) groups is 2. The summed E-state index contributed by atoms with van der Waals surface area (Å²) in [6.07, 6.45) is 16.9. The van der Waals surface area contributed by atoms with E-state index in [0.29, 0.717) is 49.1 Å². The molecule has 0 bridgehead atoms. The number of epoxide rings is 2. The Morgan fingerprint density at radius 3 is 2.03 bits per heavy atom. The molecule has 496 valence electrons. The Morgan fingerprint density at radius 1 is 0.640 bits per heavy atom. The Balaban J connectivity index is 1.04. The van der Waals surface area contributed by atoms with Gasteiger partial charge in [0.2, 0.25) is 0 Å². The van der Waals surface area contributed by atoms with Gasteiger partial charge in [0.15, 0.2) is 6.29 Å². The van der Waals surface area contributed by atoms with Crippen molar-refractivity contribution in [2.45, 2.75) is 317 Å². The molecule has 0 spiro atoms. The van der Waals surface area contributed by atoms with Gasteiger partial charge in [-0.25, -0.2) is 4.18 Å². The van der Waals surface area contributed by atoms with Crippen molar-refractivity contribution >= 4 is 22.0 Å². The zero-order chi connectivity index (χ0) is 63.2. The summed E-state index contributed by atoms with van der Waals surface area (Å²) in [4.78, 5) is 26.0. The molecule has 0 radical (unpaired) electrons. The molecule has 11 unspecified atom stereocenters. The largest absolute Gasteiger partial charge is 0.397 e. The molecule has 0 aromatic rings. The summed E-state index contributed by atoms with van der Waals surface area (Å²) in [7, 11) is -4.99. The van der Waals surface area contributed by atoms with E-state index in [-0.39, 0.29) is 50.7 Å². The number of unbranched alkanes of at least 4 members (excludes halogenated alkanes) is 6. The number of hydrogen-bond acceptors (Lipinski definition) is 19. The van der Waals surface area contributed by atoms with Crippen LogP contribution in [0.25, 0.3) is 0 Å². The van der Waals surface area contributed by atoms with Gasteiger partial charge in [-0.15, -0.1) is 6.58 Å². The van der Waals surface area contributed by atoms with Gasteiger partial charge in [0.25, 0.3) is 0 Å². The molecule has 0 saturated carbocycles. The van der Waals surface area contributed by atoms with E-state index in [2.05, 4.69) is 67.6 Å². The fourth-order valence-electron chi connectivity index (χ4n) is 11.6. The van der Waals surface area contributed by atoms with E-state index in [9.17, 15) is 64.0 Å². The number of aliphatic hydroxyl groups is 9. The number of ketones is 2. The number of allylic oxidation sites excluding steroid dienone is 7. The van der Waals surface area contributed by atoms with Crippen LogP contribution < -0.4 is 0 Å². The van der Waals surface area contributed by atoms with Crippen LogP contribution in [-0.4, -0.2) is 187 Å². The van der Waals surface area contributed by atoms with Gasteiger partial charge in [0, 0.05) is 44.9 Å². The summed E-state index contributed by atoms with van der Waals surface area (Å²) in [5, 5.41) is 94.1. The van der Waals surface area contributed by atoms with E-state index in [1.54, 1.807) is 0 Å². The summed E-state index contributed by atoms with van der Waals surface area (Å²) in [6, 6.07) is 0. The molecule has 20 atom stereocenters. The van der Waals surface area contributed by atoms with Crippen molar-refractivity contribution in [1.29, 1.82) is 0 Å².